The van der Waals surface area contributed by atoms with Crippen LogP contribution in [0.3, 0.4) is 0 Å². The van der Waals surface area contributed by atoms with Gasteiger partial charge in [-0.25, -0.2) is 15.0 Å². The van der Waals surface area contributed by atoms with Crippen LogP contribution in [-0.4, -0.2) is 39.1 Å². The fraction of sp³-hybridized carbons (Fsp3) is 0.217. The van der Waals surface area contributed by atoms with Crippen LogP contribution in [0.15, 0.2) is 54.7 Å². The summed E-state index contributed by atoms with van der Waals surface area (Å²) in [7, 11) is 1.99. The first-order valence-electron chi connectivity index (χ1n) is 10.1. The van der Waals surface area contributed by atoms with Crippen molar-refractivity contribution in [3.8, 4) is 0 Å². The number of nitrogens with one attached hydrogen (secondary N) is 2. The van der Waals surface area contributed by atoms with Gasteiger partial charge in [0.2, 0.25) is 0 Å². The number of rotatable bonds is 8. The Morgan fingerprint density at radius 1 is 1.16 bits per heavy atom. The molecule has 3 heterocycles. The molecule has 0 saturated carbocycles. The van der Waals surface area contributed by atoms with Crippen molar-refractivity contribution < 1.29 is 9.90 Å². The van der Waals surface area contributed by atoms with Crippen molar-refractivity contribution in [2.24, 2.45) is 0 Å². The van der Waals surface area contributed by atoms with Crippen molar-refractivity contribution >= 4 is 50.1 Å². The number of carbonyl (C=O) groups is 1. The minimum atomic E-state index is -0.883. The number of carboxylic acid groups (broad SMARTS) is 1. The maximum Gasteiger partial charge on any atom is 0.320 e. The van der Waals surface area contributed by atoms with Crippen molar-refractivity contribution in [2.45, 2.75) is 26.4 Å². The molecule has 0 fully saturated rings. The molecular weight excluding hydrogens is 424 g/mol. The molecule has 0 saturated heterocycles. The van der Waals surface area contributed by atoms with Gasteiger partial charge in [-0.1, -0.05) is 29.0 Å². The van der Waals surface area contributed by atoms with Crippen LogP contribution in [-0.2, 0) is 11.3 Å². The van der Waals surface area contributed by atoms with Gasteiger partial charge in [-0.15, -0.1) is 0 Å². The molecule has 3 aromatic heterocycles. The van der Waals surface area contributed by atoms with Crippen LogP contribution in [0.2, 0.25) is 0 Å². The third kappa shape index (κ3) is 5.01. The summed E-state index contributed by atoms with van der Waals surface area (Å²) in [5.41, 5.74) is 4.02. The number of pyridine rings is 2. The quantitative estimate of drug-likeness (QED) is 0.363. The predicted octanol–water partition coefficient (Wildman–Crippen LogP) is 4.47. The van der Waals surface area contributed by atoms with Gasteiger partial charge in [0.25, 0.3) is 0 Å². The highest BCUT2D eigenvalue weighted by atomic mass is 32.1. The summed E-state index contributed by atoms with van der Waals surface area (Å²) in [6, 6.07) is 15.3. The summed E-state index contributed by atoms with van der Waals surface area (Å²) in [4.78, 5) is 27.6. The minimum absolute atomic E-state index is 0.431. The van der Waals surface area contributed by atoms with E-state index in [0.29, 0.717) is 17.5 Å². The summed E-state index contributed by atoms with van der Waals surface area (Å²) < 4.78 is 0. The Bertz CT molecular complexity index is 1240. The van der Waals surface area contributed by atoms with Crippen molar-refractivity contribution in [1.82, 2.24) is 20.3 Å². The van der Waals surface area contributed by atoms with Crippen LogP contribution in [0.25, 0.3) is 10.3 Å². The molecule has 1 atom stereocenters. The van der Waals surface area contributed by atoms with Crippen LogP contribution in [0, 0.1) is 6.92 Å². The number of anilines is 4. The number of hydrogen-bond acceptors (Lipinski definition) is 8. The van der Waals surface area contributed by atoms with Crippen LogP contribution in [0.5, 0.6) is 0 Å². The van der Waals surface area contributed by atoms with Gasteiger partial charge in [-0.3, -0.25) is 4.79 Å². The van der Waals surface area contributed by atoms with E-state index in [4.69, 9.17) is 10.1 Å². The highest BCUT2D eigenvalue weighted by Crippen LogP contribution is 2.30. The van der Waals surface area contributed by atoms with Gasteiger partial charge in [0.1, 0.15) is 28.0 Å². The molecule has 0 bridgehead atoms. The largest absolute Gasteiger partial charge is 0.480 e. The third-order valence-electron chi connectivity index (χ3n) is 5.05. The zero-order valence-corrected chi connectivity index (χ0v) is 18.8. The predicted molar refractivity (Wildman–Crippen MR) is 128 cm³/mol. The zero-order valence-electron chi connectivity index (χ0n) is 18.0. The molecule has 0 aliphatic heterocycles. The van der Waals surface area contributed by atoms with E-state index < -0.39 is 12.0 Å². The number of nitrogens with zero attached hydrogens (tertiary/aromatic N) is 4. The number of carboxylic acids is 1. The summed E-state index contributed by atoms with van der Waals surface area (Å²) >= 11 is 1.46. The van der Waals surface area contributed by atoms with E-state index in [1.807, 2.05) is 36.2 Å². The maximum absolute atomic E-state index is 11.0. The molecule has 1 aromatic carbocycles. The van der Waals surface area contributed by atoms with E-state index in [1.54, 1.807) is 13.1 Å². The van der Waals surface area contributed by atoms with Crippen molar-refractivity contribution in [2.75, 3.05) is 17.3 Å². The smallest absolute Gasteiger partial charge is 0.320 e. The molecule has 0 aliphatic rings. The van der Waals surface area contributed by atoms with E-state index in [9.17, 15) is 4.79 Å². The normalized spacial score (nSPS) is 12.0. The first kappa shape index (κ1) is 21.7. The second-order valence-electron chi connectivity index (χ2n) is 7.52. The van der Waals surface area contributed by atoms with Gasteiger partial charge in [-0.2, -0.15) is 0 Å². The Kier molecular flexibility index (Phi) is 6.29. The molecule has 9 heteroatoms. The van der Waals surface area contributed by atoms with Gasteiger partial charge in [0.15, 0.2) is 5.13 Å². The lowest BCUT2D eigenvalue weighted by atomic mass is 10.2. The first-order chi connectivity index (χ1) is 15.4. The average Bonchev–Trinajstić information content (AvgIpc) is 3.19. The summed E-state index contributed by atoms with van der Waals surface area (Å²) in [5, 5.41) is 15.9. The Morgan fingerprint density at radius 2 is 1.94 bits per heavy atom. The fourth-order valence-corrected chi connectivity index (χ4v) is 3.91. The van der Waals surface area contributed by atoms with E-state index >= 15 is 0 Å². The number of thiazole rings is 1. The van der Waals surface area contributed by atoms with Crippen LogP contribution < -0.4 is 15.5 Å². The van der Waals surface area contributed by atoms with Crippen LogP contribution in [0.4, 0.5) is 22.5 Å². The number of benzene rings is 1. The van der Waals surface area contributed by atoms with Gasteiger partial charge >= 0.3 is 5.97 Å². The lowest BCUT2D eigenvalue weighted by molar-refractivity contribution is -0.139. The Labute approximate surface area is 190 Å². The van der Waals surface area contributed by atoms with Crippen molar-refractivity contribution in [1.29, 1.82) is 0 Å². The number of fused-ring (bicyclic) bond motifs is 1. The molecule has 32 heavy (non-hydrogen) atoms. The van der Waals surface area contributed by atoms with E-state index in [0.717, 1.165) is 27.4 Å². The number of hydrogen-bond donors (Lipinski definition) is 3. The topological polar surface area (TPSA) is 103 Å². The van der Waals surface area contributed by atoms with Gasteiger partial charge < -0.3 is 20.6 Å². The molecule has 0 amide bonds. The summed E-state index contributed by atoms with van der Waals surface area (Å²) in [5.74, 6) is 0.602. The highest BCUT2D eigenvalue weighted by molar-refractivity contribution is 7.21. The molecule has 4 rings (SSSR count). The first-order valence-corrected chi connectivity index (χ1v) is 11.0. The highest BCUT2D eigenvalue weighted by Gasteiger charge is 2.12. The standard InChI is InChI=1S/C23H24N6O2S/c1-14-4-6-17(7-5-14)29(3)20-9-8-18-21(28-20)32-23(26-18)27-19-12-16(10-11-24-19)13-25-15(2)22(30)31/h4-12,15,25H,13H2,1-3H3,(H,30,31)(H,24,26,27). The lowest BCUT2D eigenvalue weighted by Crippen LogP contribution is -2.33. The van der Waals surface area contributed by atoms with Gasteiger partial charge in [-0.05, 0) is 55.8 Å². The third-order valence-corrected chi connectivity index (χ3v) is 5.93. The molecule has 164 valence electrons. The Morgan fingerprint density at radius 3 is 2.69 bits per heavy atom. The van der Waals surface area contributed by atoms with Crippen molar-refractivity contribution in [3.63, 3.8) is 0 Å². The number of aryl methyl sites for hydroxylation is 1. The fourth-order valence-electron chi connectivity index (χ4n) is 3.07. The molecule has 1 unspecified atom stereocenters. The summed E-state index contributed by atoms with van der Waals surface area (Å²) in [6.07, 6.45) is 1.69. The number of aliphatic carboxylic acids is 1. The molecular formula is C23H24N6O2S. The van der Waals surface area contributed by atoms with E-state index in [1.165, 1.54) is 16.9 Å². The molecule has 0 radical (unpaired) electrons. The van der Waals surface area contributed by atoms with E-state index in [2.05, 4.69) is 51.8 Å². The number of aromatic nitrogens is 3. The van der Waals surface area contributed by atoms with Gasteiger partial charge in [0, 0.05) is 25.5 Å². The molecule has 0 spiro atoms. The van der Waals surface area contributed by atoms with E-state index in [-0.39, 0.29) is 0 Å². The average molecular weight is 449 g/mol. The monoisotopic (exact) mass is 448 g/mol. The van der Waals surface area contributed by atoms with Crippen LogP contribution >= 0.6 is 11.3 Å². The molecule has 8 nitrogen and oxygen atoms in total. The zero-order chi connectivity index (χ0) is 22.7. The molecule has 4 aromatic rings. The Balaban J connectivity index is 1.49. The van der Waals surface area contributed by atoms with Crippen LogP contribution in [0.1, 0.15) is 18.1 Å². The van der Waals surface area contributed by atoms with Gasteiger partial charge in [0.05, 0.1) is 0 Å². The molecule has 0 aliphatic carbocycles. The minimum Gasteiger partial charge on any atom is -0.480 e. The second kappa shape index (κ2) is 9.29. The second-order valence-corrected chi connectivity index (χ2v) is 8.50. The van der Waals surface area contributed by atoms with Crippen molar-refractivity contribution in [3.05, 3.63) is 65.9 Å². The SMILES string of the molecule is Cc1ccc(N(C)c2ccc3nc(Nc4cc(CNC(C)C(=O)O)ccn4)sc3n2)cc1. The maximum atomic E-state index is 11.0. The summed E-state index contributed by atoms with van der Waals surface area (Å²) in [6.45, 7) is 4.11. The lowest BCUT2D eigenvalue weighted by Gasteiger charge is -2.18. The molecule has 3 N–H and O–H groups in total. The Hall–Kier alpha value is -3.56.